The molecule has 1 amide bonds. The number of aromatic nitrogens is 2. The molecule has 0 saturated heterocycles. The van der Waals surface area contributed by atoms with Crippen LogP contribution in [0.3, 0.4) is 0 Å². The van der Waals surface area contributed by atoms with Crippen LogP contribution in [0.4, 0.5) is 0 Å². The molecular weight excluding hydrogens is 446 g/mol. The van der Waals surface area contributed by atoms with Crippen LogP contribution >= 0.6 is 0 Å². The Hall–Kier alpha value is -2.82. The van der Waals surface area contributed by atoms with E-state index in [1.165, 1.54) is 30.4 Å². The van der Waals surface area contributed by atoms with Crippen LogP contribution in [0.25, 0.3) is 11.0 Å². The van der Waals surface area contributed by atoms with Crippen LogP contribution in [0.1, 0.15) is 61.9 Å². The van der Waals surface area contributed by atoms with Gasteiger partial charge in [0.25, 0.3) is 0 Å². The fourth-order valence-electron chi connectivity index (χ4n) is 7.80. The summed E-state index contributed by atoms with van der Waals surface area (Å²) in [7, 11) is 0. The molecule has 190 valence electrons. The van der Waals surface area contributed by atoms with E-state index in [9.17, 15) is 4.79 Å². The molecule has 1 aromatic heterocycles. The van der Waals surface area contributed by atoms with Gasteiger partial charge in [0, 0.05) is 24.9 Å². The number of rotatable bonds is 9. The number of nitrogens with one attached hydrogen (secondary N) is 1. The predicted octanol–water partition coefficient (Wildman–Crippen LogP) is 6.00. The third-order valence-corrected chi connectivity index (χ3v) is 9.00. The van der Waals surface area contributed by atoms with Crippen molar-refractivity contribution in [3.05, 3.63) is 59.4 Å². The molecule has 1 heterocycles. The standard InChI is InChI=1S/C31H39N3O2/c1-21-8-9-28(22(2)14-21)36-13-5-12-34-27-7-4-3-6-26(27)33-29(34)10-11-32-30(35)31-18-23-15-24(19-31)17-25(16-23)20-31/h3-4,6-9,14,23-25H,5,10-13,15-20H2,1-2H3,(H,32,35). The van der Waals surface area contributed by atoms with Crippen LogP contribution in [0, 0.1) is 37.0 Å². The lowest BCUT2D eigenvalue weighted by atomic mass is 9.49. The van der Waals surface area contributed by atoms with E-state index in [0.29, 0.717) is 19.1 Å². The Balaban J connectivity index is 1.08. The summed E-state index contributed by atoms with van der Waals surface area (Å²) in [5, 5.41) is 3.34. The first-order chi connectivity index (χ1) is 17.5. The number of nitrogens with zero attached hydrogens (tertiary/aromatic N) is 2. The van der Waals surface area contributed by atoms with Crippen molar-refractivity contribution >= 4 is 16.9 Å². The molecule has 0 atom stereocenters. The maximum atomic E-state index is 13.4. The number of amides is 1. The van der Waals surface area contributed by atoms with Crippen LogP contribution in [0.15, 0.2) is 42.5 Å². The normalized spacial score (nSPS) is 26.4. The van der Waals surface area contributed by atoms with Crippen molar-refractivity contribution < 1.29 is 9.53 Å². The summed E-state index contributed by atoms with van der Waals surface area (Å²) in [6.45, 7) is 6.38. The third-order valence-electron chi connectivity index (χ3n) is 9.00. The number of aryl methyl sites for hydroxylation is 3. The molecule has 7 rings (SSSR count). The van der Waals surface area contributed by atoms with Gasteiger partial charge in [0.1, 0.15) is 11.6 Å². The minimum Gasteiger partial charge on any atom is -0.493 e. The molecule has 4 aliphatic rings. The smallest absolute Gasteiger partial charge is 0.226 e. The molecule has 4 bridgehead atoms. The molecule has 0 aliphatic heterocycles. The predicted molar refractivity (Wildman–Crippen MR) is 143 cm³/mol. The Labute approximate surface area is 214 Å². The molecule has 5 nitrogen and oxygen atoms in total. The van der Waals surface area contributed by atoms with E-state index in [4.69, 9.17) is 9.72 Å². The molecule has 4 saturated carbocycles. The van der Waals surface area contributed by atoms with Crippen LogP contribution in [0.5, 0.6) is 5.75 Å². The molecule has 36 heavy (non-hydrogen) atoms. The maximum absolute atomic E-state index is 13.4. The summed E-state index contributed by atoms with van der Waals surface area (Å²) >= 11 is 0. The Bertz CT molecular complexity index is 1220. The van der Waals surface area contributed by atoms with Gasteiger partial charge in [-0.1, -0.05) is 29.8 Å². The number of benzene rings is 2. The van der Waals surface area contributed by atoms with Crippen LogP contribution in [0.2, 0.25) is 0 Å². The van der Waals surface area contributed by atoms with Crippen molar-refractivity contribution in [2.75, 3.05) is 13.2 Å². The minimum absolute atomic E-state index is 0.0830. The van der Waals surface area contributed by atoms with E-state index < -0.39 is 0 Å². The fraction of sp³-hybridized carbons (Fsp3) is 0.548. The molecule has 0 spiro atoms. The average molecular weight is 486 g/mol. The number of hydrogen-bond donors (Lipinski definition) is 1. The van der Waals surface area contributed by atoms with Gasteiger partial charge in [-0.15, -0.1) is 0 Å². The number of para-hydroxylation sites is 2. The second-order valence-electron chi connectivity index (χ2n) is 11.8. The monoisotopic (exact) mass is 485 g/mol. The van der Waals surface area contributed by atoms with Gasteiger partial charge in [0.2, 0.25) is 5.91 Å². The van der Waals surface area contributed by atoms with Gasteiger partial charge in [-0.3, -0.25) is 4.79 Å². The highest BCUT2D eigenvalue weighted by Crippen LogP contribution is 2.60. The van der Waals surface area contributed by atoms with E-state index in [1.807, 2.05) is 6.07 Å². The second-order valence-corrected chi connectivity index (χ2v) is 11.8. The van der Waals surface area contributed by atoms with Crippen molar-refractivity contribution in [1.29, 1.82) is 0 Å². The van der Waals surface area contributed by atoms with Crippen LogP contribution < -0.4 is 10.1 Å². The van der Waals surface area contributed by atoms with Gasteiger partial charge in [0.15, 0.2) is 0 Å². The first-order valence-electron chi connectivity index (χ1n) is 13.9. The average Bonchev–Trinajstić information content (AvgIpc) is 3.19. The van der Waals surface area contributed by atoms with E-state index >= 15 is 0 Å². The molecule has 0 unspecified atom stereocenters. The molecule has 1 N–H and O–H groups in total. The first kappa shape index (κ1) is 23.6. The fourth-order valence-corrected chi connectivity index (χ4v) is 7.80. The second kappa shape index (κ2) is 9.57. The van der Waals surface area contributed by atoms with Crippen molar-refractivity contribution in [1.82, 2.24) is 14.9 Å². The SMILES string of the molecule is Cc1ccc(OCCCn2c(CCNC(=O)C34CC5CC(CC(C5)C3)C4)nc3ccccc32)c(C)c1. The Kier molecular flexibility index (Phi) is 6.27. The summed E-state index contributed by atoms with van der Waals surface area (Å²) in [6, 6.07) is 14.7. The lowest BCUT2D eigenvalue weighted by molar-refractivity contribution is -0.146. The zero-order valence-electron chi connectivity index (χ0n) is 21.8. The lowest BCUT2D eigenvalue weighted by Gasteiger charge is -2.55. The van der Waals surface area contributed by atoms with Gasteiger partial charge in [-0.2, -0.15) is 0 Å². The van der Waals surface area contributed by atoms with Crippen molar-refractivity contribution in [2.24, 2.45) is 23.2 Å². The highest BCUT2D eigenvalue weighted by Gasteiger charge is 2.54. The van der Waals surface area contributed by atoms with Gasteiger partial charge in [-0.05, 0) is 100 Å². The number of fused-ring (bicyclic) bond motifs is 1. The largest absolute Gasteiger partial charge is 0.493 e. The number of imidazole rings is 1. The van der Waals surface area contributed by atoms with Crippen molar-refractivity contribution in [3.63, 3.8) is 0 Å². The molecule has 5 heteroatoms. The molecular formula is C31H39N3O2. The van der Waals surface area contributed by atoms with Crippen LogP contribution in [-0.2, 0) is 17.8 Å². The summed E-state index contributed by atoms with van der Waals surface area (Å²) in [6.07, 6.45) is 9.10. The number of hydrogen-bond acceptors (Lipinski definition) is 3. The Morgan fingerprint density at radius 1 is 1.06 bits per heavy atom. The number of carbonyl (C=O) groups excluding carboxylic acids is 1. The highest BCUT2D eigenvalue weighted by molar-refractivity contribution is 5.83. The summed E-state index contributed by atoms with van der Waals surface area (Å²) in [5.41, 5.74) is 4.53. The molecule has 4 aliphatic carbocycles. The van der Waals surface area contributed by atoms with Crippen LogP contribution in [-0.4, -0.2) is 28.6 Å². The lowest BCUT2D eigenvalue weighted by Crippen LogP contribution is -2.53. The zero-order valence-corrected chi connectivity index (χ0v) is 21.8. The maximum Gasteiger partial charge on any atom is 0.226 e. The molecule has 4 fully saturated rings. The first-order valence-corrected chi connectivity index (χ1v) is 13.9. The Morgan fingerprint density at radius 2 is 1.78 bits per heavy atom. The van der Waals surface area contributed by atoms with Gasteiger partial charge in [0.05, 0.1) is 17.6 Å². The third kappa shape index (κ3) is 4.53. The quantitative estimate of drug-likeness (QED) is 0.378. The number of ether oxygens (including phenoxy) is 1. The summed E-state index contributed by atoms with van der Waals surface area (Å²) in [4.78, 5) is 18.3. The van der Waals surface area contributed by atoms with Crippen molar-refractivity contribution in [3.8, 4) is 5.75 Å². The van der Waals surface area contributed by atoms with E-state index in [1.54, 1.807) is 0 Å². The highest BCUT2D eigenvalue weighted by atomic mass is 16.5. The zero-order chi connectivity index (χ0) is 24.7. The van der Waals surface area contributed by atoms with E-state index in [2.05, 4.69) is 60.1 Å². The molecule has 3 aromatic rings. The van der Waals surface area contributed by atoms with Crippen molar-refractivity contribution in [2.45, 2.75) is 71.8 Å². The molecule has 0 radical (unpaired) electrons. The van der Waals surface area contributed by atoms with E-state index in [-0.39, 0.29) is 5.41 Å². The summed E-state index contributed by atoms with van der Waals surface area (Å²) in [5.74, 6) is 4.69. The summed E-state index contributed by atoms with van der Waals surface area (Å²) < 4.78 is 8.40. The number of carbonyl (C=O) groups is 1. The van der Waals surface area contributed by atoms with Gasteiger partial charge in [-0.25, -0.2) is 4.98 Å². The minimum atomic E-state index is -0.0830. The van der Waals surface area contributed by atoms with E-state index in [0.717, 1.165) is 79.0 Å². The Morgan fingerprint density at radius 3 is 2.50 bits per heavy atom. The van der Waals surface area contributed by atoms with Gasteiger partial charge < -0.3 is 14.6 Å². The molecule has 2 aromatic carbocycles. The topological polar surface area (TPSA) is 56.1 Å². The van der Waals surface area contributed by atoms with Gasteiger partial charge >= 0.3 is 0 Å².